The molecule has 0 radical (unpaired) electrons. The lowest BCUT2D eigenvalue weighted by Gasteiger charge is -2.10. The van der Waals surface area contributed by atoms with E-state index in [1.807, 2.05) is 12.1 Å². The van der Waals surface area contributed by atoms with E-state index < -0.39 is 0 Å². The summed E-state index contributed by atoms with van der Waals surface area (Å²) < 4.78 is 5.29. The summed E-state index contributed by atoms with van der Waals surface area (Å²) in [5.41, 5.74) is 2.42. The summed E-state index contributed by atoms with van der Waals surface area (Å²) in [6, 6.07) is 6.18. The van der Waals surface area contributed by atoms with E-state index in [1.54, 1.807) is 14.2 Å². The predicted molar refractivity (Wildman–Crippen MR) is 73.0 cm³/mol. The number of rotatable bonds is 7. The van der Waals surface area contributed by atoms with Crippen molar-refractivity contribution in [2.45, 2.75) is 19.8 Å². The van der Waals surface area contributed by atoms with Gasteiger partial charge in [0.1, 0.15) is 5.75 Å². The molecule has 0 atom stereocenters. The topological polar surface area (TPSA) is 50.4 Å². The first-order chi connectivity index (χ1) is 8.71. The highest BCUT2D eigenvalue weighted by Gasteiger charge is 2.03. The van der Waals surface area contributed by atoms with Crippen LogP contribution in [0.4, 0.5) is 0 Å². The minimum Gasteiger partial charge on any atom is -0.496 e. The Labute approximate surface area is 109 Å². The minimum absolute atomic E-state index is 0.0294. The maximum absolute atomic E-state index is 11.3. The molecule has 0 unspecified atom stereocenters. The van der Waals surface area contributed by atoms with Gasteiger partial charge < -0.3 is 15.4 Å². The number of aryl methyl sites for hydroxylation is 1. The number of ether oxygens (including phenoxy) is 1. The summed E-state index contributed by atoms with van der Waals surface area (Å²) >= 11 is 0. The number of amides is 1. The lowest BCUT2D eigenvalue weighted by Crippen LogP contribution is -2.33. The fourth-order valence-corrected chi connectivity index (χ4v) is 1.83. The number of nitrogens with one attached hydrogen (secondary N) is 2. The normalized spacial score (nSPS) is 10.2. The fraction of sp³-hybridized carbons (Fsp3) is 0.500. The van der Waals surface area contributed by atoms with Crippen molar-refractivity contribution < 1.29 is 9.53 Å². The van der Waals surface area contributed by atoms with Crippen LogP contribution >= 0.6 is 0 Å². The van der Waals surface area contributed by atoms with Gasteiger partial charge in [-0.25, -0.2) is 0 Å². The number of carbonyl (C=O) groups is 1. The van der Waals surface area contributed by atoms with Crippen LogP contribution in [0.1, 0.15) is 18.1 Å². The van der Waals surface area contributed by atoms with Gasteiger partial charge in [0.2, 0.25) is 5.91 Å². The maximum atomic E-state index is 11.3. The summed E-state index contributed by atoms with van der Waals surface area (Å²) in [4.78, 5) is 11.3. The van der Waals surface area contributed by atoms with Gasteiger partial charge in [-0.3, -0.25) is 4.79 Å². The summed E-state index contributed by atoms with van der Waals surface area (Å²) in [6.07, 6.45) is 1.79. The van der Waals surface area contributed by atoms with E-state index >= 15 is 0 Å². The zero-order chi connectivity index (χ0) is 13.4. The van der Waals surface area contributed by atoms with Gasteiger partial charge in [0.15, 0.2) is 0 Å². The molecule has 1 aromatic rings. The second-order valence-electron chi connectivity index (χ2n) is 4.13. The Bertz CT molecular complexity index is 391. The van der Waals surface area contributed by atoms with Crippen LogP contribution in [0.3, 0.4) is 0 Å². The van der Waals surface area contributed by atoms with Crippen molar-refractivity contribution >= 4 is 5.91 Å². The molecule has 4 heteroatoms. The molecule has 1 aromatic carbocycles. The lowest BCUT2D eigenvalue weighted by molar-refractivity contribution is -0.120. The molecular weight excluding hydrogens is 228 g/mol. The molecule has 0 aliphatic heterocycles. The molecule has 0 aromatic heterocycles. The van der Waals surface area contributed by atoms with Gasteiger partial charge >= 0.3 is 0 Å². The van der Waals surface area contributed by atoms with Gasteiger partial charge in [-0.05, 0) is 37.1 Å². The lowest BCUT2D eigenvalue weighted by atomic mass is 10.1. The van der Waals surface area contributed by atoms with Gasteiger partial charge in [-0.15, -0.1) is 0 Å². The van der Waals surface area contributed by atoms with Crippen molar-refractivity contribution in [3.63, 3.8) is 0 Å². The Morgan fingerprint density at radius 1 is 1.39 bits per heavy atom. The third kappa shape index (κ3) is 4.37. The van der Waals surface area contributed by atoms with Crippen molar-refractivity contribution in [1.82, 2.24) is 10.6 Å². The Balaban J connectivity index is 2.50. The highest BCUT2D eigenvalue weighted by molar-refractivity contribution is 5.77. The third-order valence-corrected chi connectivity index (χ3v) is 2.80. The van der Waals surface area contributed by atoms with E-state index in [9.17, 15) is 4.79 Å². The second kappa shape index (κ2) is 7.71. The second-order valence-corrected chi connectivity index (χ2v) is 4.13. The van der Waals surface area contributed by atoms with E-state index in [4.69, 9.17) is 4.74 Å². The first-order valence-corrected chi connectivity index (χ1v) is 6.28. The summed E-state index contributed by atoms with van der Waals surface area (Å²) in [5.74, 6) is 0.960. The minimum atomic E-state index is 0.0294. The highest BCUT2D eigenvalue weighted by Crippen LogP contribution is 2.20. The Morgan fingerprint density at radius 3 is 2.78 bits per heavy atom. The monoisotopic (exact) mass is 250 g/mol. The highest BCUT2D eigenvalue weighted by atomic mass is 16.5. The summed E-state index contributed by atoms with van der Waals surface area (Å²) in [6.45, 7) is 3.13. The molecular formula is C14H22N2O2. The van der Waals surface area contributed by atoms with Crippen molar-refractivity contribution in [3.8, 4) is 5.75 Å². The molecule has 100 valence electrons. The fourth-order valence-electron chi connectivity index (χ4n) is 1.83. The van der Waals surface area contributed by atoms with E-state index in [1.165, 1.54) is 11.1 Å². The van der Waals surface area contributed by atoms with E-state index in [0.717, 1.165) is 18.6 Å². The molecule has 0 spiro atoms. The van der Waals surface area contributed by atoms with Gasteiger partial charge in [-0.1, -0.05) is 19.1 Å². The van der Waals surface area contributed by atoms with Gasteiger partial charge in [0.05, 0.1) is 13.7 Å². The quantitative estimate of drug-likeness (QED) is 0.763. The molecule has 0 aliphatic rings. The standard InChI is InChI=1S/C14H22N2O2/c1-4-12-9-11(5-6-13(12)18-3)7-8-16-14(17)10-15-2/h5-6,9,15H,4,7-8,10H2,1-3H3,(H,16,17). The molecule has 0 aliphatic carbocycles. The largest absolute Gasteiger partial charge is 0.496 e. The van der Waals surface area contributed by atoms with Crippen molar-refractivity contribution in [1.29, 1.82) is 0 Å². The Kier molecular flexibility index (Phi) is 6.22. The Hall–Kier alpha value is -1.55. The van der Waals surface area contributed by atoms with Gasteiger partial charge in [0.25, 0.3) is 0 Å². The van der Waals surface area contributed by atoms with Crippen molar-refractivity contribution in [2.24, 2.45) is 0 Å². The van der Waals surface area contributed by atoms with Crippen LogP contribution in [0.15, 0.2) is 18.2 Å². The van der Waals surface area contributed by atoms with Crippen LogP contribution in [0.2, 0.25) is 0 Å². The van der Waals surface area contributed by atoms with Gasteiger partial charge in [0, 0.05) is 6.54 Å². The number of hydrogen-bond donors (Lipinski definition) is 2. The zero-order valence-electron chi connectivity index (χ0n) is 11.4. The van der Waals surface area contributed by atoms with Crippen LogP contribution in [-0.2, 0) is 17.6 Å². The molecule has 4 nitrogen and oxygen atoms in total. The SMILES string of the molecule is CCc1cc(CCNC(=O)CNC)ccc1OC. The molecule has 0 heterocycles. The number of benzene rings is 1. The molecule has 2 N–H and O–H groups in total. The number of likely N-dealkylation sites (N-methyl/N-ethyl adjacent to an activating group) is 1. The average molecular weight is 250 g/mol. The van der Waals surface area contributed by atoms with Crippen LogP contribution < -0.4 is 15.4 Å². The number of carbonyl (C=O) groups excluding carboxylic acids is 1. The molecule has 0 saturated heterocycles. The molecule has 1 amide bonds. The van der Waals surface area contributed by atoms with E-state index in [2.05, 4.69) is 23.6 Å². The maximum Gasteiger partial charge on any atom is 0.233 e. The molecule has 1 rings (SSSR count). The number of methoxy groups -OCH3 is 1. The molecule has 0 bridgehead atoms. The van der Waals surface area contributed by atoms with Gasteiger partial charge in [-0.2, -0.15) is 0 Å². The molecule has 0 saturated carbocycles. The smallest absolute Gasteiger partial charge is 0.233 e. The average Bonchev–Trinajstić information content (AvgIpc) is 2.38. The molecule has 18 heavy (non-hydrogen) atoms. The van der Waals surface area contributed by atoms with E-state index in [-0.39, 0.29) is 5.91 Å². The first-order valence-electron chi connectivity index (χ1n) is 6.28. The van der Waals surface area contributed by atoms with Crippen molar-refractivity contribution in [2.75, 3.05) is 27.2 Å². The summed E-state index contributed by atoms with van der Waals surface area (Å²) in [5, 5.41) is 5.69. The van der Waals surface area contributed by atoms with Crippen molar-refractivity contribution in [3.05, 3.63) is 29.3 Å². The zero-order valence-corrected chi connectivity index (χ0v) is 11.4. The van der Waals surface area contributed by atoms with Crippen LogP contribution in [0, 0.1) is 0 Å². The first kappa shape index (κ1) is 14.5. The van der Waals surface area contributed by atoms with E-state index in [0.29, 0.717) is 13.1 Å². The van der Waals surface area contributed by atoms with Crippen LogP contribution in [0.25, 0.3) is 0 Å². The third-order valence-electron chi connectivity index (χ3n) is 2.80. The Morgan fingerprint density at radius 2 is 2.17 bits per heavy atom. The van der Waals surface area contributed by atoms with Crippen LogP contribution in [0.5, 0.6) is 5.75 Å². The molecule has 0 fully saturated rings. The summed E-state index contributed by atoms with van der Waals surface area (Å²) in [7, 11) is 3.45. The van der Waals surface area contributed by atoms with Crippen LogP contribution in [-0.4, -0.2) is 33.2 Å². The number of hydrogen-bond acceptors (Lipinski definition) is 3. The predicted octanol–water partition coefficient (Wildman–Crippen LogP) is 1.14.